The molecule has 1 aromatic carbocycles. The number of nitrogens with zero attached hydrogens (tertiary/aromatic N) is 2. The summed E-state index contributed by atoms with van der Waals surface area (Å²) in [5.41, 5.74) is 1.28. The molecular formula is C22H39IN4O2. The van der Waals surface area contributed by atoms with Crippen molar-refractivity contribution in [3.8, 4) is 0 Å². The van der Waals surface area contributed by atoms with Gasteiger partial charge in [-0.05, 0) is 45.2 Å². The van der Waals surface area contributed by atoms with E-state index >= 15 is 0 Å². The van der Waals surface area contributed by atoms with Crippen LogP contribution in [0.15, 0.2) is 35.3 Å². The summed E-state index contributed by atoms with van der Waals surface area (Å²) in [6.07, 6.45) is 3.15. The lowest BCUT2D eigenvalue weighted by Crippen LogP contribution is -2.38. The first kappa shape index (κ1) is 26.0. The van der Waals surface area contributed by atoms with Gasteiger partial charge in [-0.25, -0.2) is 0 Å². The van der Waals surface area contributed by atoms with E-state index in [1.807, 2.05) is 0 Å². The topological polar surface area (TPSA) is 58.1 Å². The number of para-hydroxylation sites is 1. The maximum absolute atomic E-state index is 5.75. The van der Waals surface area contributed by atoms with Crippen LogP contribution in [0.5, 0.6) is 0 Å². The number of guanidine groups is 1. The average molecular weight is 518 g/mol. The number of benzene rings is 1. The van der Waals surface area contributed by atoms with E-state index in [9.17, 15) is 0 Å². The Morgan fingerprint density at radius 3 is 2.72 bits per heavy atom. The molecular weight excluding hydrogens is 479 g/mol. The summed E-state index contributed by atoms with van der Waals surface area (Å²) in [6, 6.07) is 10.6. The Balaban J connectivity index is 0.00000420. The molecule has 0 aromatic heterocycles. The van der Waals surface area contributed by atoms with Crippen LogP contribution in [0.3, 0.4) is 0 Å². The molecule has 166 valence electrons. The fraction of sp³-hybridized carbons (Fsp3) is 0.682. The third kappa shape index (κ3) is 11.1. The van der Waals surface area contributed by atoms with Crippen LogP contribution in [0.1, 0.15) is 33.1 Å². The van der Waals surface area contributed by atoms with Crippen molar-refractivity contribution in [2.75, 3.05) is 64.1 Å². The molecule has 1 heterocycles. The second-order valence-electron chi connectivity index (χ2n) is 7.11. The Bertz CT molecular complexity index is 539. The minimum atomic E-state index is 0. The van der Waals surface area contributed by atoms with E-state index < -0.39 is 0 Å². The lowest BCUT2D eigenvalue weighted by Gasteiger charge is -2.22. The van der Waals surface area contributed by atoms with E-state index in [-0.39, 0.29) is 24.0 Å². The van der Waals surface area contributed by atoms with E-state index in [0.717, 1.165) is 84.4 Å². The van der Waals surface area contributed by atoms with Gasteiger partial charge in [0.2, 0.25) is 0 Å². The molecule has 1 fully saturated rings. The SMILES string of the molecule is CCNC(=NCCCN(CC)c1ccccc1)NCCCOCC1CCOC1.I. The van der Waals surface area contributed by atoms with Crippen LogP contribution in [-0.2, 0) is 9.47 Å². The first-order valence-electron chi connectivity index (χ1n) is 10.8. The normalized spacial score (nSPS) is 16.3. The molecule has 1 saturated heterocycles. The van der Waals surface area contributed by atoms with Gasteiger partial charge in [0.05, 0.1) is 13.2 Å². The Hall–Kier alpha value is -1.06. The van der Waals surface area contributed by atoms with Gasteiger partial charge in [-0.15, -0.1) is 24.0 Å². The van der Waals surface area contributed by atoms with E-state index in [0.29, 0.717) is 5.92 Å². The lowest BCUT2D eigenvalue weighted by atomic mass is 10.1. The molecule has 29 heavy (non-hydrogen) atoms. The Labute approximate surface area is 193 Å². The molecule has 1 aromatic rings. The summed E-state index contributed by atoms with van der Waals surface area (Å²) in [5.74, 6) is 1.49. The fourth-order valence-corrected chi connectivity index (χ4v) is 3.25. The van der Waals surface area contributed by atoms with Gasteiger partial charge in [0, 0.05) is 57.5 Å². The second kappa shape index (κ2) is 16.7. The van der Waals surface area contributed by atoms with Crippen molar-refractivity contribution in [3.63, 3.8) is 0 Å². The average Bonchev–Trinajstić information content (AvgIpc) is 3.24. The van der Waals surface area contributed by atoms with Gasteiger partial charge in [0.1, 0.15) is 0 Å². The summed E-state index contributed by atoms with van der Waals surface area (Å²) in [7, 11) is 0. The molecule has 2 rings (SSSR count). The molecule has 1 atom stereocenters. The summed E-state index contributed by atoms with van der Waals surface area (Å²) < 4.78 is 11.1. The molecule has 1 aliphatic heterocycles. The molecule has 0 radical (unpaired) electrons. The third-order valence-electron chi connectivity index (χ3n) is 4.84. The van der Waals surface area contributed by atoms with Crippen LogP contribution in [0.2, 0.25) is 0 Å². The Kier molecular flexibility index (Phi) is 15.0. The minimum Gasteiger partial charge on any atom is -0.381 e. The summed E-state index contributed by atoms with van der Waals surface area (Å²) in [4.78, 5) is 7.10. The molecule has 1 unspecified atom stereocenters. The van der Waals surface area contributed by atoms with Crippen molar-refractivity contribution in [1.82, 2.24) is 10.6 Å². The maximum atomic E-state index is 5.75. The number of rotatable bonds is 13. The summed E-state index contributed by atoms with van der Waals surface area (Å²) in [6.45, 7) is 12.2. The number of halogens is 1. The smallest absolute Gasteiger partial charge is 0.191 e. The van der Waals surface area contributed by atoms with E-state index in [2.05, 4.69) is 59.7 Å². The molecule has 2 N–H and O–H groups in total. The van der Waals surface area contributed by atoms with Crippen LogP contribution in [0, 0.1) is 5.92 Å². The van der Waals surface area contributed by atoms with Gasteiger partial charge in [-0.2, -0.15) is 0 Å². The number of hydrogen-bond acceptors (Lipinski definition) is 4. The van der Waals surface area contributed by atoms with Crippen molar-refractivity contribution < 1.29 is 9.47 Å². The molecule has 0 aliphatic carbocycles. The Morgan fingerprint density at radius 1 is 1.21 bits per heavy atom. The number of anilines is 1. The van der Waals surface area contributed by atoms with Gasteiger partial charge < -0.3 is 25.0 Å². The van der Waals surface area contributed by atoms with Crippen molar-refractivity contribution in [2.24, 2.45) is 10.9 Å². The molecule has 0 saturated carbocycles. The van der Waals surface area contributed by atoms with Crippen molar-refractivity contribution in [2.45, 2.75) is 33.1 Å². The van der Waals surface area contributed by atoms with Crippen LogP contribution in [0.4, 0.5) is 5.69 Å². The molecule has 7 heteroatoms. The van der Waals surface area contributed by atoms with Crippen molar-refractivity contribution in [3.05, 3.63) is 30.3 Å². The third-order valence-corrected chi connectivity index (χ3v) is 4.84. The largest absolute Gasteiger partial charge is 0.381 e. The van der Waals surface area contributed by atoms with Gasteiger partial charge in [0.25, 0.3) is 0 Å². The van der Waals surface area contributed by atoms with Gasteiger partial charge in [-0.3, -0.25) is 4.99 Å². The summed E-state index contributed by atoms with van der Waals surface area (Å²) in [5, 5.41) is 6.72. The zero-order valence-corrected chi connectivity index (χ0v) is 20.4. The van der Waals surface area contributed by atoms with Crippen molar-refractivity contribution in [1.29, 1.82) is 0 Å². The molecule has 0 amide bonds. The minimum absolute atomic E-state index is 0. The number of hydrogen-bond donors (Lipinski definition) is 2. The van der Waals surface area contributed by atoms with E-state index in [1.165, 1.54) is 5.69 Å². The quantitative estimate of drug-likeness (QED) is 0.181. The molecule has 1 aliphatic rings. The van der Waals surface area contributed by atoms with Gasteiger partial charge >= 0.3 is 0 Å². The highest BCUT2D eigenvalue weighted by atomic mass is 127. The van der Waals surface area contributed by atoms with Crippen LogP contribution in [0.25, 0.3) is 0 Å². The van der Waals surface area contributed by atoms with Crippen LogP contribution < -0.4 is 15.5 Å². The monoisotopic (exact) mass is 518 g/mol. The van der Waals surface area contributed by atoms with Crippen LogP contribution in [-0.4, -0.2) is 65.1 Å². The van der Waals surface area contributed by atoms with Crippen LogP contribution >= 0.6 is 24.0 Å². The standard InChI is InChI=1S/C22H38N4O2.HI/c1-3-23-22(25-14-9-16-27-18-20-12-17-28-19-20)24-13-8-15-26(4-2)21-10-6-5-7-11-21;/h5-7,10-11,20H,3-4,8-9,12-19H2,1-2H3,(H2,23,24,25);1H. The molecule has 0 bridgehead atoms. The molecule has 6 nitrogen and oxygen atoms in total. The van der Waals surface area contributed by atoms with Gasteiger partial charge in [-0.1, -0.05) is 18.2 Å². The fourth-order valence-electron chi connectivity index (χ4n) is 3.25. The van der Waals surface area contributed by atoms with E-state index in [4.69, 9.17) is 14.5 Å². The highest BCUT2D eigenvalue weighted by Gasteiger charge is 2.15. The highest BCUT2D eigenvalue weighted by molar-refractivity contribution is 14.0. The first-order chi connectivity index (χ1) is 13.8. The predicted octanol–water partition coefficient (Wildman–Crippen LogP) is 3.52. The lowest BCUT2D eigenvalue weighted by molar-refractivity contribution is 0.0888. The number of ether oxygens (including phenoxy) is 2. The second-order valence-corrected chi connectivity index (χ2v) is 7.11. The maximum Gasteiger partial charge on any atom is 0.191 e. The van der Waals surface area contributed by atoms with Gasteiger partial charge in [0.15, 0.2) is 5.96 Å². The Morgan fingerprint density at radius 2 is 2.03 bits per heavy atom. The predicted molar refractivity (Wildman–Crippen MR) is 133 cm³/mol. The molecule has 0 spiro atoms. The van der Waals surface area contributed by atoms with Crippen molar-refractivity contribution >= 4 is 35.6 Å². The number of aliphatic imine (C=N–C) groups is 1. The number of nitrogens with one attached hydrogen (secondary N) is 2. The summed E-state index contributed by atoms with van der Waals surface area (Å²) >= 11 is 0. The van der Waals surface area contributed by atoms with E-state index in [1.54, 1.807) is 0 Å². The zero-order valence-electron chi connectivity index (χ0n) is 18.1. The zero-order chi connectivity index (χ0) is 19.9. The first-order valence-corrected chi connectivity index (χ1v) is 10.8. The highest BCUT2D eigenvalue weighted by Crippen LogP contribution is 2.13.